The Bertz CT molecular complexity index is 696. The number of aromatic nitrogens is 4. The first-order chi connectivity index (χ1) is 12.1. The molecular formula is C15H23N7O2S. The molecule has 0 atom stereocenters. The predicted octanol–water partition coefficient (Wildman–Crippen LogP) is 1.04. The largest absolute Gasteiger partial charge is 0.379 e. The van der Waals surface area contributed by atoms with E-state index >= 15 is 0 Å². The standard InChI is InChI=1S/C15H23N7O2S/c1-12-17-18-14(25-12)11-20(2)15(23)16-13-3-4-22(19-13)6-5-21-7-9-24-10-8-21/h3-4H,5-11H2,1-2H3,(H,16,19,23). The molecule has 0 unspecified atom stereocenters. The maximum Gasteiger partial charge on any atom is 0.323 e. The second-order valence-corrected chi connectivity index (χ2v) is 7.19. The van der Waals surface area contributed by atoms with Crippen molar-refractivity contribution in [1.29, 1.82) is 0 Å². The second-order valence-electron chi connectivity index (χ2n) is 5.92. The molecule has 0 aromatic carbocycles. The van der Waals surface area contributed by atoms with Gasteiger partial charge in [0.1, 0.15) is 10.0 Å². The number of nitrogens with zero attached hydrogens (tertiary/aromatic N) is 6. The zero-order valence-corrected chi connectivity index (χ0v) is 15.3. The molecular weight excluding hydrogens is 342 g/mol. The average molecular weight is 365 g/mol. The monoisotopic (exact) mass is 365 g/mol. The molecule has 1 aliphatic rings. The highest BCUT2D eigenvalue weighted by molar-refractivity contribution is 7.11. The van der Waals surface area contributed by atoms with E-state index in [0.717, 1.165) is 49.4 Å². The van der Waals surface area contributed by atoms with Crippen LogP contribution < -0.4 is 5.32 Å². The van der Waals surface area contributed by atoms with Crippen LogP contribution in [0.25, 0.3) is 0 Å². The quantitative estimate of drug-likeness (QED) is 0.823. The molecule has 2 aromatic heterocycles. The molecule has 0 bridgehead atoms. The lowest BCUT2D eigenvalue weighted by Crippen LogP contribution is -2.38. The molecule has 2 amide bonds. The van der Waals surface area contributed by atoms with Crippen LogP contribution in [-0.2, 0) is 17.8 Å². The minimum absolute atomic E-state index is 0.216. The van der Waals surface area contributed by atoms with Crippen LogP contribution >= 0.6 is 11.3 Å². The first-order valence-corrected chi connectivity index (χ1v) is 9.06. The van der Waals surface area contributed by atoms with Crippen molar-refractivity contribution >= 4 is 23.2 Å². The number of hydrogen-bond acceptors (Lipinski definition) is 7. The van der Waals surface area contributed by atoms with Crippen LogP contribution in [0.5, 0.6) is 0 Å². The summed E-state index contributed by atoms with van der Waals surface area (Å²) < 4.78 is 7.19. The van der Waals surface area contributed by atoms with Gasteiger partial charge in [0.25, 0.3) is 0 Å². The summed E-state index contributed by atoms with van der Waals surface area (Å²) in [4.78, 5) is 16.1. The van der Waals surface area contributed by atoms with Gasteiger partial charge in [-0.25, -0.2) is 4.79 Å². The lowest BCUT2D eigenvalue weighted by Gasteiger charge is -2.26. The Labute approximate surface area is 150 Å². The van der Waals surface area contributed by atoms with Crippen LogP contribution in [0.4, 0.5) is 10.6 Å². The van der Waals surface area contributed by atoms with E-state index in [1.165, 1.54) is 11.3 Å². The van der Waals surface area contributed by atoms with E-state index in [4.69, 9.17) is 4.74 Å². The Morgan fingerprint density at radius 2 is 2.16 bits per heavy atom. The maximum atomic E-state index is 12.2. The van der Waals surface area contributed by atoms with Crippen LogP contribution in [0.15, 0.2) is 12.3 Å². The van der Waals surface area contributed by atoms with Gasteiger partial charge in [-0.05, 0) is 6.92 Å². The molecule has 10 heteroatoms. The molecule has 9 nitrogen and oxygen atoms in total. The molecule has 1 N–H and O–H groups in total. The Kier molecular flexibility index (Phi) is 5.95. The number of morpholine rings is 1. The first kappa shape index (κ1) is 17.8. The number of carbonyl (C=O) groups is 1. The Balaban J connectivity index is 1.45. The molecule has 1 aliphatic heterocycles. The zero-order chi connectivity index (χ0) is 17.6. The van der Waals surface area contributed by atoms with Crippen LogP contribution in [0.2, 0.25) is 0 Å². The summed E-state index contributed by atoms with van der Waals surface area (Å²) in [5, 5.41) is 16.9. The first-order valence-electron chi connectivity index (χ1n) is 8.25. The number of urea groups is 1. The van der Waals surface area contributed by atoms with E-state index in [1.54, 1.807) is 18.0 Å². The van der Waals surface area contributed by atoms with E-state index < -0.39 is 0 Å². The molecule has 3 heterocycles. The lowest BCUT2D eigenvalue weighted by molar-refractivity contribution is 0.0360. The van der Waals surface area contributed by atoms with Gasteiger partial charge in [-0.3, -0.25) is 14.9 Å². The van der Waals surface area contributed by atoms with Gasteiger partial charge in [-0.2, -0.15) is 5.10 Å². The van der Waals surface area contributed by atoms with E-state index in [2.05, 4.69) is 25.5 Å². The van der Waals surface area contributed by atoms with E-state index in [1.807, 2.05) is 17.8 Å². The smallest absolute Gasteiger partial charge is 0.323 e. The number of aryl methyl sites for hydroxylation is 1. The maximum absolute atomic E-state index is 12.2. The number of amides is 2. The van der Waals surface area contributed by atoms with Crippen molar-refractivity contribution in [3.63, 3.8) is 0 Å². The average Bonchev–Trinajstić information content (AvgIpc) is 3.23. The van der Waals surface area contributed by atoms with Gasteiger partial charge in [0.05, 0.1) is 26.3 Å². The highest BCUT2D eigenvalue weighted by Gasteiger charge is 2.14. The third-order valence-electron chi connectivity index (χ3n) is 3.91. The number of carbonyl (C=O) groups excluding carboxylic acids is 1. The van der Waals surface area contributed by atoms with Crippen molar-refractivity contribution < 1.29 is 9.53 Å². The minimum Gasteiger partial charge on any atom is -0.379 e. The number of ether oxygens (including phenoxy) is 1. The van der Waals surface area contributed by atoms with Crippen molar-refractivity contribution in [2.24, 2.45) is 0 Å². The summed E-state index contributed by atoms with van der Waals surface area (Å²) in [5.41, 5.74) is 0. The molecule has 0 aliphatic carbocycles. The molecule has 136 valence electrons. The van der Waals surface area contributed by atoms with Crippen molar-refractivity contribution in [2.45, 2.75) is 20.0 Å². The third-order valence-corrected chi connectivity index (χ3v) is 4.74. The SMILES string of the molecule is Cc1nnc(CN(C)C(=O)Nc2ccn(CCN3CCOCC3)n2)s1. The highest BCUT2D eigenvalue weighted by Crippen LogP contribution is 2.11. The zero-order valence-electron chi connectivity index (χ0n) is 14.5. The van der Waals surface area contributed by atoms with Gasteiger partial charge in [-0.15, -0.1) is 10.2 Å². The molecule has 25 heavy (non-hydrogen) atoms. The van der Waals surface area contributed by atoms with Crippen LogP contribution in [0.3, 0.4) is 0 Å². The van der Waals surface area contributed by atoms with Crippen LogP contribution in [-0.4, -0.2) is 75.7 Å². The Morgan fingerprint density at radius 1 is 1.36 bits per heavy atom. The lowest BCUT2D eigenvalue weighted by atomic mass is 10.4. The van der Waals surface area contributed by atoms with E-state index in [-0.39, 0.29) is 6.03 Å². The fraction of sp³-hybridized carbons (Fsp3) is 0.600. The fourth-order valence-corrected chi connectivity index (χ4v) is 3.27. The molecule has 0 radical (unpaired) electrons. The number of hydrogen-bond donors (Lipinski definition) is 1. The Hall–Kier alpha value is -2.04. The van der Waals surface area contributed by atoms with Crippen LogP contribution in [0, 0.1) is 6.92 Å². The third kappa shape index (κ3) is 5.21. The van der Waals surface area contributed by atoms with Gasteiger partial charge in [0, 0.05) is 38.9 Å². The van der Waals surface area contributed by atoms with Gasteiger partial charge in [0.15, 0.2) is 5.82 Å². The summed E-state index contributed by atoms with van der Waals surface area (Å²) >= 11 is 1.49. The fourth-order valence-electron chi connectivity index (χ4n) is 2.50. The highest BCUT2D eigenvalue weighted by atomic mass is 32.1. The summed E-state index contributed by atoms with van der Waals surface area (Å²) in [6.07, 6.45) is 1.88. The molecule has 0 spiro atoms. The summed E-state index contributed by atoms with van der Waals surface area (Å²) in [5.74, 6) is 0.548. The molecule has 3 rings (SSSR count). The minimum atomic E-state index is -0.216. The van der Waals surface area contributed by atoms with Crippen molar-refractivity contribution in [1.82, 2.24) is 29.8 Å². The number of nitrogens with one attached hydrogen (secondary N) is 1. The summed E-state index contributed by atoms with van der Waals surface area (Å²) in [7, 11) is 1.72. The topological polar surface area (TPSA) is 88.4 Å². The predicted molar refractivity (Wildman–Crippen MR) is 94.6 cm³/mol. The van der Waals surface area contributed by atoms with Crippen molar-refractivity contribution in [2.75, 3.05) is 45.2 Å². The summed E-state index contributed by atoms with van der Waals surface area (Å²) in [6.45, 7) is 7.54. The van der Waals surface area contributed by atoms with E-state index in [9.17, 15) is 4.79 Å². The molecule has 0 saturated carbocycles. The van der Waals surface area contributed by atoms with Gasteiger partial charge in [0.2, 0.25) is 0 Å². The van der Waals surface area contributed by atoms with Crippen molar-refractivity contribution in [3.8, 4) is 0 Å². The van der Waals surface area contributed by atoms with Gasteiger partial charge in [-0.1, -0.05) is 11.3 Å². The second kappa shape index (κ2) is 8.37. The van der Waals surface area contributed by atoms with E-state index in [0.29, 0.717) is 12.4 Å². The normalized spacial score (nSPS) is 15.3. The number of rotatable bonds is 6. The Morgan fingerprint density at radius 3 is 2.88 bits per heavy atom. The van der Waals surface area contributed by atoms with Gasteiger partial charge >= 0.3 is 6.03 Å². The van der Waals surface area contributed by atoms with Gasteiger partial charge < -0.3 is 9.64 Å². The number of anilines is 1. The van der Waals surface area contributed by atoms with Crippen LogP contribution in [0.1, 0.15) is 10.0 Å². The van der Waals surface area contributed by atoms with Crippen molar-refractivity contribution in [3.05, 3.63) is 22.3 Å². The molecule has 1 saturated heterocycles. The molecule has 2 aromatic rings. The molecule has 1 fully saturated rings. The summed E-state index contributed by atoms with van der Waals surface area (Å²) in [6, 6.07) is 1.59.